The average Bonchev–Trinajstić information content (AvgIpc) is 2.71. The largest absolute Gasteiger partial charge is 0.336 e. The Morgan fingerprint density at radius 2 is 1.95 bits per heavy atom. The molecular weight excluding hydrogens is 286 g/mol. The van der Waals surface area contributed by atoms with E-state index in [9.17, 15) is 4.79 Å². The van der Waals surface area contributed by atoms with E-state index in [0.717, 1.165) is 51.1 Å². The van der Waals surface area contributed by atoms with Crippen molar-refractivity contribution in [2.24, 2.45) is 0 Å². The van der Waals surface area contributed by atoms with Gasteiger partial charge in [0.05, 0.1) is 0 Å². The summed E-state index contributed by atoms with van der Waals surface area (Å²) in [6.45, 7) is 6.67. The predicted molar refractivity (Wildman–Crippen MR) is 87.3 cm³/mol. The summed E-state index contributed by atoms with van der Waals surface area (Å²) in [4.78, 5) is 14.6. The van der Waals surface area contributed by atoms with Crippen LogP contribution in [0.25, 0.3) is 0 Å². The number of fused-ring (bicyclic) bond motifs is 1. The molecule has 1 amide bonds. The summed E-state index contributed by atoms with van der Waals surface area (Å²) >= 11 is 0. The van der Waals surface area contributed by atoms with Crippen LogP contribution in [0.1, 0.15) is 28.4 Å². The first-order valence-corrected chi connectivity index (χ1v) is 7.59. The van der Waals surface area contributed by atoms with Crippen molar-refractivity contribution in [3.8, 4) is 0 Å². The minimum atomic E-state index is 0. The van der Waals surface area contributed by atoms with Gasteiger partial charge in [-0.05, 0) is 56.1 Å². The van der Waals surface area contributed by atoms with Crippen molar-refractivity contribution in [3.05, 3.63) is 34.9 Å². The maximum atomic E-state index is 12.6. The van der Waals surface area contributed by atoms with Crippen molar-refractivity contribution in [1.82, 2.24) is 15.5 Å². The summed E-state index contributed by atoms with van der Waals surface area (Å²) in [7, 11) is 0. The molecule has 0 aliphatic carbocycles. The lowest BCUT2D eigenvalue weighted by Gasteiger charge is -2.32. The van der Waals surface area contributed by atoms with Gasteiger partial charge in [-0.2, -0.15) is 0 Å². The Hall–Kier alpha value is -1.10. The van der Waals surface area contributed by atoms with E-state index in [0.29, 0.717) is 6.04 Å². The van der Waals surface area contributed by atoms with Crippen LogP contribution in [0.3, 0.4) is 0 Å². The third-order valence-corrected chi connectivity index (χ3v) is 4.25. The monoisotopic (exact) mass is 309 g/mol. The number of amides is 1. The van der Waals surface area contributed by atoms with Crippen LogP contribution in [0.4, 0.5) is 0 Å². The van der Waals surface area contributed by atoms with Crippen molar-refractivity contribution in [2.45, 2.75) is 25.8 Å². The molecule has 1 saturated heterocycles. The third-order valence-electron chi connectivity index (χ3n) is 4.25. The predicted octanol–water partition coefficient (Wildman–Crippen LogP) is 1.23. The normalized spacial score (nSPS) is 22.0. The molecule has 2 aliphatic heterocycles. The summed E-state index contributed by atoms with van der Waals surface area (Å²) in [6, 6.07) is 6.63. The Morgan fingerprint density at radius 1 is 1.19 bits per heavy atom. The van der Waals surface area contributed by atoms with Crippen LogP contribution in [0.5, 0.6) is 0 Å². The summed E-state index contributed by atoms with van der Waals surface area (Å²) < 4.78 is 0. The van der Waals surface area contributed by atoms with Gasteiger partial charge in [-0.15, -0.1) is 12.4 Å². The molecule has 1 unspecified atom stereocenters. The van der Waals surface area contributed by atoms with Crippen molar-refractivity contribution in [3.63, 3.8) is 0 Å². The van der Waals surface area contributed by atoms with E-state index in [1.165, 1.54) is 11.1 Å². The number of benzene rings is 1. The molecule has 2 N–H and O–H groups in total. The second kappa shape index (κ2) is 7.25. The van der Waals surface area contributed by atoms with E-state index in [1.807, 2.05) is 11.0 Å². The van der Waals surface area contributed by atoms with E-state index in [2.05, 4.69) is 29.7 Å². The summed E-state index contributed by atoms with van der Waals surface area (Å²) in [5.74, 6) is 0.179. The number of carbonyl (C=O) groups excluding carboxylic acids is 1. The van der Waals surface area contributed by atoms with Gasteiger partial charge in [-0.1, -0.05) is 6.07 Å². The standard InChI is InChI=1S/C16H23N3O.ClH/c1-12-11-19(9-8-18-12)16(20)15-3-2-13-4-6-17-7-5-14(13)10-15;/h2-3,10,12,17-18H,4-9,11H2,1H3;1H. The molecule has 1 aromatic rings. The topological polar surface area (TPSA) is 44.4 Å². The van der Waals surface area contributed by atoms with Gasteiger partial charge < -0.3 is 15.5 Å². The van der Waals surface area contributed by atoms with E-state index in [4.69, 9.17) is 0 Å². The molecule has 2 aliphatic rings. The molecule has 2 heterocycles. The van der Waals surface area contributed by atoms with Crippen LogP contribution >= 0.6 is 12.4 Å². The van der Waals surface area contributed by atoms with Gasteiger partial charge in [0, 0.05) is 31.2 Å². The molecule has 1 aromatic carbocycles. The number of hydrogen-bond donors (Lipinski definition) is 2. The molecule has 1 atom stereocenters. The number of nitrogens with zero attached hydrogens (tertiary/aromatic N) is 1. The molecule has 0 spiro atoms. The van der Waals surface area contributed by atoms with Crippen LogP contribution < -0.4 is 10.6 Å². The number of nitrogens with one attached hydrogen (secondary N) is 2. The Balaban J connectivity index is 0.00000161. The SMILES string of the molecule is CC1CN(C(=O)c2ccc3c(c2)CCNCC3)CCN1.Cl. The molecule has 0 bridgehead atoms. The number of rotatable bonds is 1. The number of carbonyl (C=O) groups is 1. The molecule has 0 saturated carbocycles. The van der Waals surface area contributed by atoms with E-state index >= 15 is 0 Å². The first-order chi connectivity index (χ1) is 9.74. The van der Waals surface area contributed by atoms with Gasteiger partial charge in [0.2, 0.25) is 0 Å². The van der Waals surface area contributed by atoms with Gasteiger partial charge in [-0.25, -0.2) is 0 Å². The highest BCUT2D eigenvalue weighted by Crippen LogP contribution is 2.17. The van der Waals surface area contributed by atoms with Crippen LogP contribution in [0.15, 0.2) is 18.2 Å². The lowest BCUT2D eigenvalue weighted by molar-refractivity contribution is 0.0709. The second-order valence-electron chi connectivity index (χ2n) is 5.84. The summed E-state index contributed by atoms with van der Waals surface area (Å²) in [6.07, 6.45) is 2.09. The van der Waals surface area contributed by atoms with Gasteiger partial charge in [0.25, 0.3) is 5.91 Å². The Kier molecular flexibility index (Phi) is 5.62. The van der Waals surface area contributed by atoms with Crippen LogP contribution in [0.2, 0.25) is 0 Å². The maximum absolute atomic E-state index is 12.6. The van der Waals surface area contributed by atoms with Crippen molar-refractivity contribution in [1.29, 1.82) is 0 Å². The van der Waals surface area contributed by atoms with Crippen molar-refractivity contribution in [2.75, 3.05) is 32.7 Å². The minimum Gasteiger partial charge on any atom is -0.336 e. The Bertz CT molecular complexity index is 506. The van der Waals surface area contributed by atoms with E-state index < -0.39 is 0 Å². The van der Waals surface area contributed by atoms with Gasteiger partial charge in [-0.3, -0.25) is 4.79 Å². The van der Waals surface area contributed by atoms with Crippen molar-refractivity contribution < 1.29 is 4.79 Å². The number of piperazine rings is 1. The zero-order valence-corrected chi connectivity index (χ0v) is 13.3. The first-order valence-electron chi connectivity index (χ1n) is 7.59. The van der Waals surface area contributed by atoms with E-state index in [-0.39, 0.29) is 18.3 Å². The van der Waals surface area contributed by atoms with Gasteiger partial charge in [0.1, 0.15) is 0 Å². The van der Waals surface area contributed by atoms with Crippen LogP contribution in [0, 0.1) is 0 Å². The Labute approximate surface area is 132 Å². The third kappa shape index (κ3) is 3.76. The number of halogens is 1. The molecule has 4 nitrogen and oxygen atoms in total. The highest BCUT2D eigenvalue weighted by molar-refractivity contribution is 5.94. The van der Waals surface area contributed by atoms with Gasteiger partial charge in [0.15, 0.2) is 0 Å². The maximum Gasteiger partial charge on any atom is 0.253 e. The smallest absolute Gasteiger partial charge is 0.253 e. The molecule has 0 radical (unpaired) electrons. The minimum absolute atomic E-state index is 0. The summed E-state index contributed by atoms with van der Waals surface area (Å²) in [5.41, 5.74) is 3.57. The molecule has 116 valence electrons. The number of hydrogen-bond acceptors (Lipinski definition) is 3. The fraction of sp³-hybridized carbons (Fsp3) is 0.562. The van der Waals surface area contributed by atoms with Crippen molar-refractivity contribution >= 4 is 18.3 Å². The quantitative estimate of drug-likeness (QED) is 0.820. The fourth-order valence-electron chi connectivity index (χ4n) is 3.11. The average molecular weight is 310 g/mol. The lowest BCUT2D eigenvalue weighted by atomic mass is 9.99. The van der Waals surface area contributed by atoms with Gasteiger partial charge >= 0.3 is 0 Å². The van der Waals surface area contributed by atoms with Crippen LogP contribution in [-0.4, -0.2) is 49.6 Å². The lowest BCUT2D eigenvalue weighted by Crippen LogP contribution is -2.51. The highest BCUT2D eigenvalue weighted by Gasteiger charge is 2.22. The molecular formula is C16H24ClN3O. The molecule has 1 fully saturated rings. The zero-order valence-electron chi connectivity index (χ0n) is 12.5. The first kappa shape index (κ1) is 16.3. The Morgan fingerprint density at radius 3 is 2.71 bits per heavy atom. The van der Waals surface area contributed by atoms with E-state index in [1.54, 1.807) is 0 Å². The fourth-order valence-corrected chi connectivity index (χ4v) is 3.11. The molecule has 5 heteroatoms. The molecule has 0 aromatic heterocycles. The van der Waals surface area contributed by atoms with Crippen LogP contribution in [-0.2, 0) is 12.8 Å². The summed E-state index contributed by atoms with van der Waals surface area (Å²) in [5, 5.41) is 6.78. The molecule has 21 heavy (non-hydrogen) atoms. The highest BCUT2D eigenvalue weighted by atomic mass is 35.5. The zero-order chi connectivity index (χ0) is 13.9. The molecule has 3 rings (SSSR count). The second-order valence-corrected chi connectivity index (χ2v) is 5.84.